The summed E-state index contributed by atoms with van der Waals surface area (Å²) in [7, 11) is 0. The van der Waals surface area contributed by atoms with Gasteiger partial charge in [0.25, 0.3) is 0 Å². The van der Waals surface area contributed by atoms with Crippen LogP contribution in [0.1, 0.15) is 37.3 Å². The van der Waals surface area contributed by atoms with E-state index in [1.807, 2.05) is 0 Å². The van der Waals surface area contributed by atoms with E-state index in [9.17, 15) is 0 Å². The highest BCUT2D eigenvalue weighted by atomic mass is 15.3. The molecule has 2 aromatic heterocycles. The third kappa shape index (κ3) is 3.72. The fourth-order valence-electron chi connectivity index (χ4n) is 1.77. The minimum absolute atomic E-state index is 0.382. The average molecular weight is 250 g/mol. The molecule has 98 valence electrons. The number of nitrogens with one attached hydrogen (secondary N) is 2. The summed E-state index contributed by atoms with van der Waals surface area (Å²) in [5.74, 6) is 2.34. The second-order valence-corrected chi connectivity index (χ2v) is 4.19. The van der Waals surface area contributed by atoms with E-state index < -0.39 is 0 Å². The largest absolute Gasteiger partial charge is 0.368 e. The molecule has 0 bridgehead atoms. The molecule has 0 unspecified atom stereocenters. The normalized spacial score (nSPS) is 10.9. The fraction of sp³-hybridized carbons (Fsp3) is 0.600. The topological polar surface area (TPSA) is 135 Å². The number of unbranched alkanes of at least 4 members (excludes halogenated alkanes) is 3. The summed E-state index contributed by atoms with van der Waals surface area (Å²) in [6, 6.07) is 0. The van der Waals surface area contributed by atoms with Gasteiger partial charge in [0.05, 0.1) is 0 Å². The van der Waals surface area contributed by atoms with Gasteiger partial charge in [-0.15, -0.1) is 0 Å². The highest BCUT2D eigenvalue weighted by molar-refractivity contribution is 5.12. The van der Waals surface area contributed by atoms with Crippen molar-refractivity contribution >= 4 is 11.9 Å². The average Bonchev–Trinajstić information content (AvgIpc) is 2.93. The SMILES string of the molecule is Nc1nc(CCCCCCc2n[nH]c(N)n2)n[nH]1. The summed E-state index contributed by atoms with van der Waals surface area (Å²) in [5.41, 5.74) is 10.9. The molecule has 2 aromatic rings. The summed E-state index contributed by atoms with van der Waals surface area (Å²) in [4.78, 5) is 8.10. The number of nitrogens with zero attached hydrogens (tertiary/aromatic N) is 4. The number of hydrogen-bond donors (Lipinski definition) is 4. The van der Waals surface area contributed by atoms with Crippen molar-refractivity contribution in [3.8, 4) is 0 Å². The smallest absolute Gasteiger partial charge is 0.216 e. The highest BCUT2D eigenvalue weighted by Crippen LogP contribution is 2.07. The first-order chi connectivity index (χ1) is 8.74. The van der Waals surface area contributed by atoms with E-state index in [0.29, 0.717) is 11.9 Å². The number of nitrogen functional groups attached to an aromatic ring is 2. The van der Waals surface area contributed by atoms with Crippen LogP contribution in [0.25, 0.3) is 0 Å². The van der Waals surface area contributed by atoms with Crippen LogP contribution in [0.15, 0.2) is 0 Å². The Labute approximate surface area is 105 Å². The maximum Gasteiger partial charge on any atom is 0.216 e. The van der Waals surface area contributed by atoms with Crippen molar-refractivity contribution in [2.24, 2.45) is 0 Å². The lowest BCUT2D eigenvalue weighted by atomic mass is 10.1. The standard InChI is InChI=1S/C10H18N8/c11-9-13-7(15-17-9)5-3-1-2-4-6-8-14-10(12)18-16-8/h1-6H2,(H3,11,13,15,17)(H3,12,14,16,18). The first-order valence-corrected chi connectivity index (χ1v) is 6.07. The maximum atomic E-state index is 5.44. The van der Waals surface area contributed by atoms with Crippen molar-refractivity contribution in [1.29, 1.82) is 0 Å². The molecule has 0 spiro atoms. The van der Waals surface area contributed by atoms with Crippen molar-refractivity contribution in [1.82, 2.24) is 30.4 Å². The second kappa shape index (κ2) is 5.99. The molecular weight excluding hydrogens is 232 g/mol. The fourth-order valence-corrected chi connectivity index (χ4v) is 1.77. The molecule has 0 aliphatic heterocycles. The minimum Gasteiger partial charge on any atom is -0.368 e. The summed E-state index contributed by atoms with van der Waals surface area (Å²) in [5, 5.41) is 13.2. The first kappa shape index (κ1) is 12.3. The molecule has 0 aromatic carbocycles. The van der Waals surface area contributed by atoms with Gasteiger partial charge < -0.3 is 11.5 Å². The predicted octanol–water partition coefficient (Wildman–Crippen LogP) is 0.433. The van der Waals surface area contributed by atoms with Crippen molar-refractivity contribution in [3.05, 3.63) is 11.6 Å². The van der Waals surface area contributed by atoms with Gasteiger partial charge in [-0.25, -0.2) is 10.2 Å². The highest BCUT2D eigenvalue weighted by Gasteiger charge is 2.01. The Morgan fingerprint density at radius 1 is 0.722 bits per heavy atom. The summed E-state index contributed by atoms with van der Waals surface area (Å²) in [6.45, 7) is 0. The number of anilines is 2. The lowest BCUT2D eigenvalue weighted by Crippen LogP contribution is -1.92. The van der Waals surface area contributed by atoms with E-state index >= 15 is 0 Å². The number of rotatable bonds is 7. The molecular formula is C10H18N8. The lowest BCUT2D eigenvalue weighted by molar-refractivity contribution is 0.622. The van der Waals surface area contributed by atoms with Gasteiger partial charge in [0.2, 0.25) is 11.9 Å². The first-order valence-electron chi connectivity index (χ1n) is 6.07. The molecule has 0 saturated heterocycles. The molecule has 0 aliphatic rings. The van der Waals surface area contributed by atoms with Gasteiger partial charge >= 0.3 is 0 Å². The van der Waals surface area contributed by atoms with Gasteiger partial charge in [-0.05, 0) is 12.8 Å². The number of nitrogens with two attached hydrogens (primary N) is 2. The van der Waals surface area contributed by atoms with Crippen LogP contribution in [0.2, 0.25) is 0 Å². The lowest BCUT2D eigenvalue weighted by Gasteiger charge is -1.97. The third-order valence-corrected chi connectivity index (χ3v) is 2.65. The van der Waals surface area contributed by atoms with Crippen LogP contribution >= 0.6 is 0 Å². The molecule has 0 atom stereocenters. The maximum absolute atomic E-state index is 5.44. The zero-order valence-electron chi connectivity index (χ0n) is 10.2. The Kier molecular flexibility index (Phi) is 4.11. The Balaban J connectivity index is 1.54. The van der Waals surface area contributed by atoms with Crippen LogP contribution in [0, 0.1) is 0 Å². The molecule has 8 nitrogen and oxygen atoms in total. The van der Waals surface area contributed by atoms with Crippen LogP contribution in [-0.2, 0) is 12.8 Å². The van der Waals surface area contributed by atoms with E-state index in [2.05, 4.69) is 30.4 Å². The van der Waals surface area contributed by atoms with E-state index in [4.69, 9.17) is 11.5 Å². The number of hydrogen-bond acceptors (Lipinski definition) is 6. The Morgan fingerprint density at radius 2 is 1.17 bits per heavy atom. The van der Waals surface area contributed by atoms with E-state index in [1.165, 1.54) is 0 Å². The Bertz CT molecular complexity index is 429. The van der Waals surface area contributed by atoms with Gasteiger partial charge in [0, 0.05) is 12.8 Å². The molecule has 0 fully saturated rings. The molecule has 0 radical (unpaired) electrons. The van der Waals surface area contributed by atoms with Gasteiger partial charge in [-0.1, -0.05) is 12.8 Å². The number of aromatic amines is 2. The van der Waals surface area contributed by atoms with Crippen LogP contribution in [-0.4, -0.2) is 30.4 Å². The molecule has 2 heterocycles. The molecule has 0 aliphatic carbocycles. The van der Waals surface area contributed by atoms with E-state index in [0.717, 1.165) is 50.2 Å². The van der Waals surface area contributed by atoms with Crippen LogP contribution in [0.5, 0.6) is 0 Å². The Hall–Kier alpha value is -2.12. The quantitative estimate of drug-likeness (QED) is 0.526. The molecule has 18 heavy (non-hydrogen) atoms. The zero-order valence-corrected chi connectivity index (χ0v) is 10.2. The van der Waals surface area contributed by atoms with Crippen molar-refractivity contribution < 1.29 is 0 Å². The number of aromatic nitrogens is 6. The summed E-state index contributed by atoms with van der Waals surface area (Å²) in [6.07, 6.45) is 6.12. The van der Waals surface area contributed by atoms with E-state index in [-0.39, 0.29) is 0 Å². The molecule has 8 heteroatoms. The number of H-pyrrole nitrogens is 2. The zero-order chi connectivity index (χ0) is 12.8. The van der Waals surface area contributed by atoms with Gasteiger partial charge in [-0.3, -0.25) is 0 Å². The van der Waals surface area contributed by atoms with Gasteiger partial charge in [0.15, 0.2) is 11.6 Å². The van der Waals surface area contributed by atoms with Crippen LogP contribution < -0.4 is 11.5 Å². The molecule has 6 N–H and O–H groups in total. The van der Waals surface area contributed by atoms with Crippen molar-refractivity contribution in [2.45, 2.75) is 38.5 Å². The summed E-state index contributed by atoms with van der Waals surface area (Å²) < 4.78 is 0. The second-order valence-electron chi connectivity index (χ2n) is 4.19. The monoisotopic (exact) mass is 250 g/mol. The van der Waals surface area contributed by atoms with Gasteiger partial charge in [0.1, 0.15) is 0 Å². The predicted molar refractivity (Wildman–Crippen MR) is 67.5 cm³/mol. The molecule has 0 saturated carbocycles. The van der Waals surface area contributed by atoms with Crippen molar-refractivity contribution in [3.63, 3.8) is 0 Å². The van der Waals surface area contributed by atoms with Crippen LogP contribution in [0.3, 0.4) is 0 Å². The summed E-state index contributed by atoms with van der Waals surface area (Å²) >= 11 is 0. The van der Waals surface area contributed by atoms with Crippen LogP contribution in [0.4, 0.5) is 11.9 Å². The minimum atomic E-state index is 0.382. The Morgan fingerprint density at radius 3 is 1.50 bits per heavy atom. The van der Waals surface area contributed by atoms with Crippen molar-refractivity contribution in [2.75, 3.05) is 11.5 Å². The molecule has 0 amide bonds. The van der Waals surface area contributed by atoms with E-state index in [1.54, 1.807) is 0 Å². The van der Waals surface area contributed by atoms with Gasteiger partial charge in [-0.2, -0.15) is 20.2 Å². The number of aryl methyl sites for hydroxylation is 2. The molecule has 2 rings (SSSR count). The third-order valence-electron chi connectivity index (χ3n) is 2.65.